The van der Waals surface area contributed by atoms with Gasteiger partial charge in [-0.2, -0.15) is 26.7 Å². The fraction of sp³-hybridized carbons (Fsp3) is 0.444. The van der Waals surface area contributed by atoms with Crippen molar-refractivity contribution >= 4 is 40.7 Å². The Kier molecular flexibility index (Phi) is 7.28. The van der Waals surface area contributed by atoms with Crippen LogP contribution < -0.4 is 5.14 Å². The van der Waals surface area contributed by atoms with E-state index in [4.69, 9.17) is 5.14 Å². The molecule has 1 saturated carbocycles. The first-order chi connectivity index (χ1) is 13.7. The highest BCUT2D eigenvalue weighted by atomic mass is 32.2. The first-order valence-electron chi connectivity index (χ1n) is 8.84. The third-order valence-corrected chi connectivity index (χ3v) is 7.66. The fourth-order valence-electron chi connectivity index (χ4n) is 2.92. The van der Waals surface area contributed by atoms with E-state index in [1.807, 2.05) is 0 Å². The Labute approximate surface area is 187 Å². The van der Waals surface area contributed by atoms with Gasteiger partial charge in [0, 0.05) is 0 Å². The molecule has 0 spiro atoms. The Morgan fingerprint density at radius 2 is 1.97 bits per heavy atom. The van der Waals surface area contributed by atoms with Crippen molar-refractivity contribution in [2.75, 3.05) is 0 Å². The van der Waals surface area contributed by atoms with Gasteiger partial charge in [0.25, 0.3) is 5.91 Å². The Morgan fingerprint density at radius 3 is 2.45 bits per heavy atom. The minimum Gasteiger partial charge on any atom is -0.383 e. The van der Waals surface area contributed by atoms with Crippen LogP contribution in [0.1, 0.15) is 54.3 Å². The Hall–Kier alpha value is -1.54. The number of amides is 1. The summed E-state index contributed by atoms with van der Waals surface area (Å²) in [4.78, 5) is 16.3. The van der Waals surface area contributed by atoms with Gasteiger partial charge in [0.1, 0.15) is 20.6 Å². The molecule has 6 nitrogen and oxygen atoms in total. The minimum absolute atomic E-state index is 0. The molecular weight excluding hydrogens is 478 g/mol. The number of carbonyl (C=O) groups excluding carboxylic acids is 1. The number of aromatic nitrogens is 1. The van der Waals surface area contributed by atoms with Gasteiger partial charge >= 0.3 is 6.18 Å². The molecule has 31 heavy (non-hydrogen) atoms. The van der Waals surface area contributed by atoms with E-state index < -0.39 is 45.4 Å². The maximum atomic E-state index is 13.8. The molecule has 0 saturated heterocycles. The summed E-state index contributed by atoms with van der Waals surface area (Å²) in [6.45, 7) is 2.89. The van der Waals surface area contributed by atoms with Gasteiger partial charge in [0.05, 0.1) is 18.2 Å². The van der Waals surface area contributed by atoms with Crippen LogP contribution >= 0.6 is 24.8 Å². The summed E-state index contributed by atoms with van der Waals surface area (Å²) in [6.07, 6.45) is -3.40. The van der Waals surface area contributed by atoms with Crippen molar-refractivity contribution in [3.8, 4) is 0 Å². The first kappa shape index (κ1) is 25.7. The van der Waals surface area contributed by atoms with E-state index in [0.717, 1.165) is 23.6 Å². The van der Waals surface area contributed by atoms with E-state index in [9.17, 15) is 31.7 Å². The maximum absolute atomic E-state index is 13.8. The van der Waals surface area contributed by atoms with Gasteiger partial charge in [0.2, 0.25) is 0 Å². The van der Waals surface area contributed by atoms with Crippen molar-refractivity contribution in [3.05, 3.63) is 45.8 Å². The highest BCUT2D eigenvalue weighted by molar-refractivity contribution is 7.93. The predicted molar refractivity (Wildman–Crippen MR) is 113 cm³/mol. The normalized spacial score (nSPS) is 16.4. The number of aliphatic hydroxyl groups is 1. The molecule has 1 aromatic carbocycles. The lowest BCUT2D eigenvalue weighted by Gasteiger charge is -2.16. The summed E-state index contributed by atoms with van der Waals surface area (Å²) in [5.74, 6) is -2.42. The highest BCUT2D eigenvalue weighted by Gasteiger charge is 2.38. The zero-order valence-corrected chi connectivity index (χ0v) is 19.1. The van der Waals surface area contributed by atoms with Crippen molar-refractivity contribution in [2.45, 2.75) is 55.0 Å². The van der Waals surface area contributed by atoms with Crippen LogP contribution in [0, 0.1) is 5.82 Å². The highest BCUT2D eigenvalue weighted by Crippen LogP contribution is 2.45. The van der Waals surface area contributed by atoms with Gasteiger partial charge in [-0.25, -0.2) is 18.7 Å². The van der Waals surface area contributed by atoms with Crippen LogP contribution in [-0.2, 0) is 32.9 Å². The number of halogens is 4. The van der Waals surface area contributed by atoms with E-state index in [1.165, 1.54) is 13.8 Å². The molecule has 1 aromatic heterocycles. The third kappa shape index (κ3) is 6.04. The lowest BCUT2D eigenvalue weighted by molar-refractivity contribution is -0.138. The predicted octanol–water partition coefficient (Wildman–Crippen LogP) is 3.99. The van der Waals surface area contributed by atoms with Crippen molar-refractivity contribution in [2.24, 2.45) is 9.50 Å². The molecule has 3 rings (SSSR count). The van der Waals surface area contributed by atoms with E-state index in [1.54, 1.807) is 0 Å². The lowest BCUT2D eigenvalue weighted by atomic mass is 9.94. The number of carbonyl (C=O) groups is 1. The summed E-state index contributed by atoms with van der Waals surface area (Å²) < 4.78 is 70.1. The van der Waals surface area contributed by atoms with Crippen molar-refractivity contribution in [1.29, 1.82) is 0 Å². The first-order valence-corrected chi connectivity index (χ1v) is 11.2. The molecule has 1 fully saturated rings. The molecule has 1 atom stereocenters. The second kappa shape index (κ2) is 8.77. The third-order valence-electron chi connectivity index (χ3n) is 4.43. The summed E-state index contributed by atoms with van der Waals surface area (Å²) in [7, 11) is -3.78. The summed E-state index contributed by atoms with van der Waals surface area (Å²) in [6, 6.07) is 1.33. The smallest absolute Gasteiger partial charge is 0.383 e. The topological polar surface area (TPSA) is 106 Å². The van der Waals surface area contributed by atoms with Crippen LogP contribution in [0.3, 0.4) is 0 Å². The number of nitrogens with zero attached hydrogens (tertiary/aromatic N) is 2. The maximum Gasteiger partial charge on any atom is 0.416 e. The summed E-state index contributed by atoms with van der Waals surface area (Å²) in [5.41, 5.74) is -2.86. The minimum atomic E-state index is -4.87. The molecule has 3 N–H and O–H groups in total. The van der Waals surface area contributed by atoms with Gasteiger partial charge in [-0.3, -0.25) is 4.79 Å². The second-order valence-corrected chi connectivity index (χ2v) is 10.6. The van der Waals surface area contributed by atoms with Crippen LogP contribution in [0.15, 0.2) is 26.9 Å². The molecule has 1 unspecified atom stereocenters. The molecule has 2 aromatic rings. The molecule has 0 radical (unpaired) electrons. The molecule has 1 amide bonds. The molecule has 1 aliphatic carbocycles. The molecule has 0 bridgehead atoms. The van der Waals surface area contributed by atoms with Crippen molar-refractivity contribution < 1.29 is 31.7 Å². The molecular formula is C18H21F4N3O3S3. The second-order valence-electron chi connectivity index (χ2n) is 7.57. The van der Waals surface area contributed by atoms with Crippen LogP contribution in [0.2, 0.25) is 0 Å². The van der Waals surface area contributed by atoms with Crippen LogP contribution in [0.4, 0.5) is 17.6 Å². The van der Waals surface area contributed by atoms with Crippen LogP contribution in [0.25, 0.3) is 0 Å². The number of benzene rings is 1. The molecule has 1 aliphatic rings. The molecule has 172 valence electrons. The van der Waals surface area contributed by atoms with Crippen LogP contribution in [0.5, 0.6) is 0 Å². The van der Waals surface area contributed by atoms with E-state index in [2.05, 4.69) is 9.35 Å². The lowest BCUT2D eigenvalue weighted by Crippen LogP contribution is -2.18. The average molecular weight is 500 g/mol. The Balaban J connectivity index is 0.00000341. The average Bonchev–Trinajstić information content (AvgIpc) is 3.27. The van der Waals surface area contributed by atoms with E-state index in [0.29, 0.717) is 18.9 Å². The molecule has 13 heteroatoms. The number of rotatable bonds is 5. The molecule has 1 heterocycles. The van der Waals surface area contributed by atoms with Gasteiger partial charge in [0.15, 0.2) is 9.92 Å². The zero-order valence-electron chi connectivity index (χ0n) is 16.5. The quantitative estimate of drug-likeness (QED) is 0.607. The number of hydrogen-bond donors (Lipinski definition) is 2. The largest absolute Gasteiger partial charge is 0.416 e. The number of thiazole rings is 1. The summed E-state index contributed by atoms with van der Waals surface area (Å²) >= 11 is 0.785. The zero-order chi connectivity index (χ0) is 22.5. The van der Waals surface area contributed by atoms with Crippen molar-refractivity contribution in [1.82, 2.24) is 4.98 Å². The van der Waals surface area contributed by atoms with E-state index in [-0.39, 0.29) is 39.8 Å². The molecule has 0 aliphatic heterocycles. The van der Waals surface area contributed by atoms with Gasteiger partial charge in [-0.05, 0) is 55.9 Å². The fourth-order valence-corrected chi connectivity index (χ4v) is 5.06. The number of hydrogen-bond acceptors (Lipinski definition) is 5. The van der Waals surface area contributed by atoms with E-state index >= 15 is 0 Å². The Morgan fingerprint density at radius 1 is 1.35 bits per heavy atom. The van der Waals surface area contributed by atoms with Gasteiger partial charge in [-0.15, -0.1) is 15.7 Å². The van der Waals surface area contributed by atoms with Crippen LogP contribution in [-0.4, -0.2) is 20.2 Å². The standard InChI is InChI=1S/C18H19F4N3O3S2.H2S/c1-17(2,27)16-24-8-15(29-16)30(23,28)25-14(26)7-12-11(9-3-4-9)5-10(19)6-13(12)18(20,21)22;/h5-6,8-9,27H,3-4,7H2,1-2H3,(H2,23,25,26,28);1H2. The van der Waals surface area contributed by atoms with Gasteiger partial charge < -0.3 is 5.11 Å². The monoisotopic (exact) mass is 499 g/mol. The summed E-state index contributed by atoms with van der Waals surface area (Å²) in [5, 5.41) is 15.8. The number of nitrogens with two attached hydrogens (primary N) is 1. The number of alkyl halides is 3. The van der Waals surface area contributed by atoms with Crippen molar-refractivity contribution in [3.63, 3.8) is 0 Å². The SMILES string of the molecule is CC(C)(O)c1ncc(S(N)(=O)=NC(=O)Cc2c(C3CC3)cc(F)cc2C(F)(F)F)s1.S. The Bertz CT molecular complexity index is 1110. The van der Waals surface area contributed by atoms with Gasteiger partial charge in [-0.1, -0.05) is 0 Å².